The molecule has 3 aliphatic carbocycles. The van der Waals surface area contributed by atoms with Crippen LogP contribution in [0.1, 0.15) is 103 Å². The monoisotopic (exact) mass is 374 g/mol. The number of carbonyl (C=O) groups is 1. The zero-order valence-corrected chi connectivity index (χ0v) is 17.1. The highest BCUT2D eigenvalue weighted by molar-refractivity contribution is 5.89. The summed E-state index contributed by atoms with van der Waals surface area (Å²) >= 11 is 0. The van der Waals surface area contributed by atoms with Crippen molar-refractivity contribution in [1.29, 1.82) is 0 Å². The molecule has 0 aromatic rings. The number of nitrogens with zero attached hydrogens (tertiary/aromatic N) is 1. The van der Waals surface area contributed by atoms with E-state index in [1.807, 2.05) is 0 Å². The van der Waals surface area contributed by atoms with Crippen molar-refractivity contribution in [2.75, 3.05) is 0 Å². The highest BCUT2D eigenvalue weighted by Gasteiger charge is 2.54. The SMILES string of the molecule is CC1(C2CC2)CC(C2CC2)=NNC(CCCCCCCC(=O)O)(C2CC2)C1. The fraction of sp³-hybridized carbons (Fsp3) is 0.913. The molecule has 4 nitrogen and oxygen atoms in total. The van der Waals surface area contributed by atoms with Crippen LogP contribution in [0.2, 0.25) is 0 Å². The quantitative estimate of drug-likeness (QED) is 0.468. The average Bonchev–Trinajstić information content (AvgIpc) is 3.51. The Kier molecular flexibility index (Phi) is 5.53. The number of hydrogen-bond donors (Lipinski definition) is 2. The van der Waals surface area contributed by atoms with Gasteiger partial charge in [0.15, 0.2) is 0 Å². The van der Waals surface area contributed by atoms with Crippen LogP contribution in [0, 0.1) is 23.2 Å². The second-order valence-electron chi connectivity index (χ2n) is 10.4. The van der Waals surface area contributed by atoms with Gasteiger partial charge in [0.25, 0.3) is 0 Å². The van der Waals surface area contributed by atoms with E-state index >= 15 is 0 Å². The first-order chi connectivity index (χ1) is 13.0. The van der Waals surface area contributed by atoms with Gasteiger partial charge in [-0.2, -0.15) is 5.10 Å². The summed E-state index contributed by atoms with van der Waals surface area (Å²) in [5.41, 5.74) is 5.96. The van der Waals surface area contributed by atoms with E-state index in [-0.39, 0.29) is 5.54 Å². The van der Waals surface area contributed by atoms with Gasteiger partial charge in [0.05, 0.1) is 5.54 Å². The molecule has 1 heterocycles. The van der Waals surface area contributed by atoms with Gasteiger partial charge < -0.3 is 10.5 Å². The smallest absolute Gasteiger partial charge is 0.303 e. The van der Waals surface area contributed by atoms with Crippen molar-refractivity contribution < 1.29 is 9.90 Å². The van der Waals surface area contributed by atoms with Gasteiger partial charge in [0, 0.05) is 12.1 Å². The van der Waals surface area contributed by atoms with E-state index in [9.17, 15) is 4.79 Å². The summed E-state index contributed by atoms with van der Waals surface area (Å²) in [6, 6.07) is 0. The Morgan fingerprint density at radius 1 is 1.04 bits per heavy atom. The molecule has 1 aliphatic heterocycles. The Labute approximate surface area is 164 Å². The lowest BCUT2D eigenvalue weighted by molar-refractivity contribution is -0.137. The molecule has 0 bridgehead atoms. The van der Waals surface area contributed by atoms with Crippen LogP contribution in [0.4, 0.5) is 0 Å². The molecule has 0 amide bonds. The summed E-state index contributed by atoms with van der Waals surface area (Å²) in [6.07, 6.45) is 18.0. The first kappa shape index (κ1) is 19.3. The highest BCUT2D eigenvalue weighted by Crippen LogP contribution is 2.58. The molecule has 3 saturated carbocycles. The number of unbranched alkanes of at least 4 members (excludes halogenated alkanes) is 4. The number of hydrazone groups is 1. The molecule has 4 aliphatic rings. The summed E-state index contributed by atoms with van der Waals surface area (Å²) in [5.74, 6) is 1.87. The number of hydrogen-bond acceptors (Lipinski definition) is 3. The molecule has 3 fully saturated rings. The maximum Gasteiger partial charge on any atom is 0.303 e. The van der Waals surface area contributed by atoms with Gasteiger partial charge in [0.1, 0.15) is 0 Å². The van der Waals surface area contributed by atoms with Crippen molar-refractivity contribution >= 4 is 11.7 Å². The molecule has 2 unspecified atom stereocenters. The van der Waals surface area contributed by atoms with Gasteiger partial charge >= 0.3 is 5.97 Å². The van der Waals surface area contributed by atoms with E-state index in [0.717, 1.165) is 30.6 Å². The Hall–Kier alpha value is -1.06. The molecule has 0 spiro atoms. The van der Waals surface area contributed by atoms with Crippen LogP contribution >= 0.6 is 0 Å². The minimum atomic E-state index is -0.658. The molecule has 0 radical (unpaired) electrons. The Balaban J connectivity index is 1.35. The molecular formula is C23H38N2O2. The van der Waals surface area contributed by atoms with Crippen LogP contribution in [0.5, 0.6) is 0 Å². The summed E-state index contributed by atoms with van der Waals surface area (Å²) < 4.78 is 0. The molecule has 0 aromatic carbocycles. The molecule has 2 atom stereocenters. The minimum absolute atomic E-state index is 0.231. The third-order valence-electron chi connectivity index (χ3n) is 7.71. The van der Waals surface area contributed by atoms with Crippen LogP contribution in [-0.4, -0.2) is 22.3 Å². The lowest BCUT2D eigenvalue weighted by Crippen LogP contribution is -2.47. The van der Waals surface area contributed by atoms with Crippen molar-refractivity contribution in [3.05, 3.63) is 0 Å². The van der Waals surface area contributed by atoms with E-state index in [4.69, 9.17) is 10.2 Å². The molecule has 4 rings (SSSR count). The van der Waals surface area contributed by atoms with Gasteiger partial charge in [-0.3, -0.25) is 4.79 Å². The summed E-state index contributed by atoms with van der Waals surface area (Å²) in [4.78, 5) is 10.6. The van der Waals surface area contributed by atoms with E-state index in [1.54, 1.807) is 0 Å². The Morgan fingerprint density at radius 3 is 2.33 bits per heavy atom. The number of nitrogens with one attached hydrogen (secondary N) is 1. The fourth-order valence-corrected chi connectivity index (χ4v) is 5.65. The first-order valence-electron chi connectivity index (χ1n) is 11.6. The number of carboxylic acids is 1. The van der Waals surface area contributed by atoms with Crippen LogP contribution in [0.15, 0.2) is 5.10 Å². The second kappa shape index (κ2) is 7.75. The van der Waals surface area contributed by atoms with E-state index in [2.05, 4.69) is 12.3 Å². The molecular weight excluding hydrogens is 336 g/mol. The third kappa shape index (κ3) is 4.86. The minimum Gasteiger partial charge on any atom is -0.481 e. The second-order valence-corrected chi connectivity index (χ2v) is 10.4. The first-order valence-corrected chi connectivity index (χ1v) is 11.6. The Morgan fingerprint density at radius 2 is 1.70 bits per heavy atom. The maximum atomic E-state index is 10.6. The van der Waals surface area contributed by atoms with E-state index < -0.39 is 5.97 Å². The van der Waals surface area contributed by atoms with Crippen molar-refractivity contribution in [2.45, 2.75) is 109 Å². The number of rotatable bonds is 11. The standard InChI is InChI=1S/C23H38N2O2/c1-22(18-10-11-18)15-20(17-8-9-17)24-25-23(16-22,19-12-13-19)14-6-4-2-3-5-7-21(26)27/h17-19,25H,2-16H2,1H3,(H,26,27). The summed E-state index contributed by atoms with van der Waals surface area (Å²) in [6.45, 7) is 2.57. The van der Waals surface area contributed by atoms with Gasteiger partial charge in [-0.1, -0.05) is 32.6 Å². The topological polar surface area (TPSA) is 61.7 Å². The predicted octanol–water partition coefficient (Wildman–Crippen LogP) is 5.52. The number of carboxylic acid groups (broad SMARTS) is 1. The van der Waals surface area contributed by atoms with Gasteiger partial charge in [-0.05, 0) is 87.4 Å². The van der Waals surface area contributed by atoms with Crippen molar-refractivity contribution in [1.82, 2.24) is 5.43 Å². The van der Waals surface area contributed by atoms with Crippen LogP contribution in [0.3, 0.4) is 0 Å². The number of aliphatic carboxylic acids is 1. The van der Waals surface area contributed by atoms with E-state index in [1.165, 1.54) is 82.8 Å². The zero-order valence-electron chi connectivity index (χ0n) is 17.1. The normalized spacial score (nSPS) is 33.9. The highest BCUT2D eigenvalue weighted by atomic mass is 16.4. The Bertz CT molecular complexity index is 577. The summed E-state index contributed by atoms with van der Waals surface area (Å²) in [5, 5.41) is 13.8. The maximum absolute atomic E-state index is 10.6. The predicted molar refractivity (Wildman–Crippen MR) is 109 cm³/mol. The van der Waals surface area contributed by atoms with Gasteiger partial charge in [-0.25, -0.2) is 0 Å². The fourth-order valence-electron chi connectivity index (χ4n) is 5.65. The molecule has 4 heteroatoms. The molecule has 27 heavy (non-hydrogen) atoms. The van der Waals surface area contributed by atoms with Crippen LogP contribution < -0.4 is 5.43 Å². The summed E-state index contributed by atoms with van der Waals surface area (Å²) in [7, 11) is 0. The lowest BCUT2D eigenvalue weighted by Gasteiger charge is -2.40. The van der Waals surface area contributed by atoms with Crippen molar-refractivity contribution in [3.8, 4) is 0 Å². The van der Waals surface area contributed by atoms with Crippen molar-refractivity contribution in [2.24, 2.45) is 28.3 Å². The van der Waals surface area contributed by atoms with Crippen LogP contribution in [0.25, 0.3) is 0 Å². The van der Waals surface area contributed by atoms with Gasteiger partial charge in [0.2, 0.25) is 0 Å². The average molecular weight is 375 g/mol. The molecule has 0 saturated heterocycles. The largest absolute Gasteiger partial charge is 0.481 e. The van der Waals surface area contributed by atoms with Crippen LogP contribution in [-0.2, 0) is 4.79 Å². The molecule has 0 aromatic heterocycles. The van der Waals surface area contributed by atoms with Crippen molar-refractivity contribution in [3.63, 3.8) is 0 Å². The molecule has 152 valence electrons. The molecule has 2 N–H and O–H groups in total. The lowest BCUT2D eigenvalue weighted by atomic mass is 9.68. The van der Waals surface area contributed by atoms with Gasteiger partial charge in [-0.15, -0.1) is 0 Å². The zero-order chi connectivity index (χ0) is 18.9. The third-order valence-corrected chi connectivity index (χ3v) is 7.71. The van der Waals surface area contributed by atoms with E-state index in [0.29, 0.717) is 11.8 Å².